The number of benzene rings is 1. The first kappa shape index (κ1) is 13.5. The van der Waals surface area contributed by atoms with E-state index in [1.807, 2.05) is 12.1 Å². The number of hydrogen-bond donors (Lipinski definition) is 0. The SMILES string of the molecule is CON(C)C(=O)C=Cc1ccc(C(C)C)cc1. The van der Waals surface area contributed by atoms with Crippen LogP contribution in [0.3, 0.4) is 0 Å². The van der Waals surface area contributed by atoms with Gasteiger partial charge in [0, 0.05) is 13.1 Å². The van der Waals surface area contributed by atoms with Gasteiger partial charge in [-0.3, -0.25) is 9.63 Å². The summed E-state index contributed by atoms with van der Waals surface area (Å²) >= 11 is 0. The van der Waals surface area contributed by atoms with E-state index in [1.165, 1.54) is 23.8 Å². The lowest BCUT2D eigenvalue weighted by molar-refractivity contribution is -0.162. The van der Waals surface area contributed by atoms with Crippen molar-refractivity contribution in [1.29, 1.82) is 0 Å². The van der Waals surface area contributed by atoms with Crippen molar-refractivity contribution in [3.05, 3.63) is 41.5 Å². The molecule has 0 radical (unpaired) electrons. The van der Waals surface area contributed by atoms with Gasteiger partial charge in [0.25, 0.3) is 5.91 Å². The molecule has 0 aliphatic carbocycles. The van der Waals surface area contributed by atoms with Crippen molar-refractivity contribution >= 4 is 12.0 Å². The third-order valence-electron chi connectivity index (χ3n) is 2.61. The molecule has 0 aromatic heterocycles. The summed E-state index contributed by atoms with van der Waals surface area (Å²) in [6, 6.07) is 8.17. The predicted molar refractivity (Wildman–Crippen MR) is 69.3 cm³/mol. The molecule has 0 aliphatic rings. The summed E-state index contributed by atoms with van der Waals surface area (Å²) in [7, 11) is 3.04. The number of nitrogens with zero attached hydrogens (tertiary/aromatic N) is 1. The van der Waals surface area contributed by atoms with E-state index in [2.05, 4.69) is 26.0 Å². The maximum atomic E-state index is 11.4. The minimum atomic E-state index is -0.180. The van der Waals surface area contributed by atoms with Crippen molar-refractivity contribution in [3.63, 3.8) is 0 Å². The number of amides is 1. The van der Waals surface area contributed by atoms with Crippen LogP contribution in [-0.4, -0.2) is 25.1 Å². The van der Waals surface area contributed by atoms with E-state index in [4.69, 9.17) is 4.84 Å². The summed E-state index contributed by atoms with van der Waals surface area (Å²) in [5.41, 5.74) is 2.30. The van der Waals surface area contributed by atoms with Crippen molar-refractivity contribution in [2.45, 2.75) is 19.8 Å². The van der Waals surface area contributed by atoms with Gasteiger partial charge in [-0.15, -0.1) is 0 Å². The average Bonchev–Trinajstić information content (AvgIpc) is 2.35. The van der Waals surface area contributed by atoms with E-state index in [0.29, 0.717) is 5.92 Å². The van der Waals surface area contributed by atoms with E-state index < -0.39 is 0 Å². The molecule has 0 bridgehead atoms. The van der Waals surface area contributed by atoms with Crippen LogP contribution in [0.1, 0.15) is 30.9 Å². The minimum Gasteiger partial charge on any atom is -0.274 e. The van der Waals surface area contributed by atoms with E-state index in [9.17, 15) is 4.79 Å². The molecule has 1 amide bonds. The first-order valence-corrected chi connectivity index (χ1v) is 5.64. The van der Waals surface area contributed by atoms with Crippen LogP contribution in [0.15, 0.2) is 30.3 Å². The molecule has 17 heavy (non-hydrogen) atoms. The molecule has 3 nitrogen and oxygen atoms in total. The maximum Gasteiger partial charge on any atom is 0.269 e. The van der Waals surface area contributed by atoms with Gasteiger partial charge in [-0.2, -0.15) is 0 Å². The lowest BCUT2D eigenvalue weighted by Gasteiger charge is -2.10. The van der Waals surface area contributed by atoms with E-state index in [1.54, 1.807) is 13.1 Å². The molecular formula is C14H19NO2. The second kappa shape index (κ2) is 6.21. The zero-order valence-corrected chi connectivity index (χ0v) is 10.8. The summed E-state index contributed by atoms with van der Waals surface area (Å²) in [4.78, 5) is 16.2. The van der Waals surface area contributed by atoms with Crippen LogP contribution in [-0.2, 0) is 9.63 Å². The molecule has 0 aliphatic heterocycles. The highest BCUT2D eigenvalue weighted by atomic mass is 16.7. The van der Waals surface area contributed by atoms with Crippen molar-refractivity contribution in [3.8, 4) is 0 Å². The number of likely N-dealkylation sites (N-methyl/N-ethyl adjacent to an activating group) is 1. The zero-order chi connectivity index (χ0) is 12.8. The maximum absolute atomic E-state index is 11.4. The first-order valence-electron chi connectivity index (χ1n) is 5.64. The monoisotopic (exact) mass is 233 g/mol. The van der Waals surface area contributed by atoms with Gasteiger partial charge in [-0.1, -0.05) is 38.1 Å². The van der Waals surface area contributed by atoms with Crippen molar-refractivity contribution in [2.24, 2.45) is 0 Å². The molecule has 1 aromatic rings. The average molecular weight is 233 g/mol. The predicted octanol–water partition coefficient (Wildman–Crippen LogP) is 2.84. The first-order chi connectivity index (χ1) is 8.04. The summed E-state index contributed by atoms with van der Waals surface area (Å²) in [6.45, 7) is 4.31. The second-order valence-corrected chi connectivity index (χ2v) is 4.17. The summed E-state index contributed by atoms with van der Waals surface area (Å²) in [5, 5.41) is 1.18. The molecule has 0 atom stereocenters. The van der Waals surface area contributed by atoms with Gasteiger partial charge < -0.3 is 0 Å². The van der Waals surface area contributed by atoms with Crippen LogP contribution in [0.2, 0.25) is 0 Å². The summed E-state index contributed by atoms with van der Waals surface area (Å²) in [5.74, 6) is 0.342. The zero-order valence-electron chi connectivity index (χ0n) is 10.8. The Labute approximate surface area is 103 Å². The highest BCUT2D eigenvalue weighted by molar-refractivity contribution is 5.90. The lowest BCUT2D eigenvalue weighted by Crippen LogP contribution is -2.22. The van der Waals surface area contributed by atoms with Crippen molar-refractivity contribution < 1.29 is 9.63 Å². The van der Waals surface area contributed by atoms with Crippen LogP contribution < -0.4 is 0 Å². The molecule has 0 heterocycles. The highest BCUT2D eigenvalue weighted by Gasteiger charge is 2.02. The fourth-order valence-electron chi connectivity index (χ4n) is 1.35. The van der Waals surface area contributed by atoms with Gasteiger partial charge in [-0.25, -0.2) is 5.06 Å². The topological polar surface area (TPSA) is 29.5 Å². The normalized spacial score (nSPS) is 11.1. The fourth-order valence-corrected chi connectivity index (χ4v) is 1.35. The Morgan fingerprint density at radius 1 is 1.29 bits per heavy atom. The van der Waals surface area contributed by atoms with Gasteiger partial charge in [0.1, 0.15) is 0 Å². The Morgan fingerprint density at radius 2 is 1.88 bits per heavy atom. The quantitative estimate of drug-likeness (QED) is 0.591. The van der Waals surface area contributed by atoms with Gasteiger partial charge in [0.2, 0.25) is 0 Å². The standard InChI is InChI=1S/C14H19NO2/c1-11(2)13-8-5-12(6-9-13)7-10-14(16)15(3)17-4/h5-11H,1-4H3. The van der Waals surface area contributed by atoms with Gasteiger partial charge in [0.05, 0.1) is 7.11 Å². The number of carbonyl (C=O) groups excluding carboxylic acids is 1. The van der Waals surface area contributed by atoms with E-state index in [0.717, 1.165) is 5.56 Å². The number of hydroxylamine groups is 2. The van der Waals surface area contributed by atoms with Crippen molar-refractivity contribution in [1.82, 2.24) is 5.06 Å². The van der Waals surface area contributed by atoms with E-state index >= 15 is 0 Å². The molecule has 0 saturated heterocycles. The summed E-state index contributed by atoms with van der Waals surface area (Å²) < 4.78 is 0. The molecule has 1 aromatic carbocycles. The minimum absolute atomic E-state index is 0.180. The molecule has 0 spiro atoms. The molecule has 0 saturated carbocycles. The van der Waals surface area contributed by atoms with Gasteiger partial charge >= 0.3 is 0 Å². The number of carbonyl (C=O) groups is 1. The molecule has 1 rings (SSSR count). The highest BCUT2D eigenvalue weighted by Crippen LogP contribution is 2.15. The van der Waals surface area contributed by atoms with Gasteiger partial charge in [0.15, 0.2) is 0 Å². The van der Waals surface area contributed by atoms with Crippen LogP contribution in [0.4, 0.5) is 0 Å². The van der Waals surface area contributed by atoms with Crippen molar-refractivity contribution in [2.75, 3.05) is 14.2 Å². The van der Waals surface area contributed by atoms with Crippen LogP contribution >= 0.6 is 0 Å². The van der Waals surface area contributed by atoms with Gasteiger partial charge in [-0.05, 0) is 23.1 Å². The third-order valence-corrected chi connectivity index (χ3v) is 2.61. The Hall–Kier alpha value is -1.61. The molecule has 0 unspecified atom stereocenters. The van der Waals surface area contributed by atoms with Crippen LogP contribution in [0.5, 0.6) is 0 Å². The fraction of sp³-hybridized carbons (Fsp3) is 0.357. The van der Waals surface area contributed by atoms with Crippen LogP contribution in [0.25, 0.3) is 6.08 Å². The Morgan fingerprint density at radius 3 is 2.35 bits per heavy atom. The number of rotatable bonds is 4. The second-order valence-electron chi connectivity index (χ2n) is 4.17. The Bertz CT molecular complexity index is 393. The summed E-state index contributed by atoms with van der Waals surface area (Å²) in [6.07, 6.45) is 3.27. The Balaban J connectivity index is 2.69. The largest absolute Gasteiger partial charge is 0.274 e. The van der Waals surface area contributed by atoms with Crippen LogP contribution in [0, 0.1) is 0 Å². The smallest absolute Gasteiger partial charge is 0.269 e. The molecule has 0 fully saturated rings. The third kappa shape index (κ3) is 4.04. The lowest BCUT2D eigenvalue weighted by atomic mass is 10.0. The Kier molecular flexibility index (Phi) is 4.91. The number of hydrogen-bond acceptors (Lipinski definition) is 2. The van der Waals surface area contributed by atoms with E-state index in [-0.39, 0.29) is 5.91 Å². The molecule has 0 N–H and O–H groups in total. The molecular weight excluding hydrogens is 214 g/mol. The molecule has 3 heteroatoms. The molecule has 92 valence electrons.